The molecule has 0 aromatic heterocycles. The SMILES string of the molecule is C[C@@H]1CC[C@@]2(C)C(C(=O)O)=CCC[C@@H]2[C@@]1(C)CCC1=CCN(CCc2ccc(O)cc2)C1=O. The molecule has 1 aromatic rings. The van der Waals surface area contributed by atoms with Crippen LogP contribution in [0.2, 0.25) is 0 Å². The Hall–Kier alpha value is -2.56. The van der Waals surface area contributed by atoms with E-state index in [1.165, 1.54) is 0 Å². The lowest BCUT2D eigenvalue weighted by atomic mass is 9.46. The highest BCUT2D eigenvalue weighted by atomic mass is 16.4. The Morgan fingerprint density at radius 2 is 1.85 bits per heavy atom. The Bertz CT molecular complexity index is 978. The Labute approximate surface area is 197 Å². The number of phenolic OH excluding ortho intramolecular Hbond substituents is 1. The number of carbonyl (C=O) groups is 2. The van der Waals surface area contributed by atoms with E-state index in [1.54, 1.807) is 12.1 Å². The Morgan fingerprint density at radius 3 is 2.55 bits per heavy atom. The van der Waals surface area contributed by atoms with E-state index in [0.29, 0.717) is 30.5 Å². The molecule has 2 aliphatic carbocycles. The molecule has 5 heteroatoms. The molecular weight excluding hydrogens is 414 g/mol. The van der Waals surface area contributed by atoms with Gasteiger partial charge in [0.2, 0.25) is 5.91 Å². The molecule has 0 spiro atoms. The van der Waals surface area contributed by atoms with Crippen LogP contribution in [0.1, 0.15) is 64.9 Å². The van der Waals surface area contributed by atoms with Crippen LogP contribution < -0.4 is 0 Å². The number of aliphatic carboxylic acids is 1. The molecule has 0 saturated heterocycles. The highest BCUT2D eigenvalue weighted by Gasteiger charge is 2.55. The number of amides is 1. The summed E-state index contributed by atoms with van der Waals surface area (Å²) in [5.74, 6) is 0.458. The van der Waals surface area contributed by atoms with Gasteiger partial charge in [-0.3, -0.25) is 4.79 Å². The third kappa shape index (κ3) is 4.34. The van der Waals surface area contributed by atoms with Gasteiger partial charge >= 0.3 is 5.97 Å². The minimum atomic E-state index is -0.767. The second-order valence-electron chi connectivity index (χ2n) is 10.8. The standard InChI is InChI=1S/C28H37NO4/c1-19-11-15-28(3)23(26(32)33)5-4-6-24(28)27(19,2)16-12-21-14-18-29(25(21)31)17-13-20-7-9-22(30)10-8-20/h5,7-10,14,19,24,30H,4,6,11-13,15-18H2,1-3H3,(H,32,33)/t19-,24-,27+,28+/m1/s1. The van der Waals surface area contributed by atoms with Crippen molar-refractivity contribution in [1.82, 2.24) is 4.90 Å². The Balaban J connectivity index is 1.40. The van der Waals surface area contributed by atoms with E-state index in [-0.39, 0.29) is 22.5 Å². The maximum Gasteiger partial charge on any atom is 0.331 e. The first-order valence-corrected chi connectivity index (χ1v) is 12.4. The van der Waals surface area contributed by atoms with Gasteiger partial charge in [0.25, 0.3) is 0 Å². The molecule has 5 nitrogen and oxygen atoms in total. The lowest BCUT2D eigenvalue weighted by Crippen LogP contribution is -2.51. The van der Waals surface area contributed by atoms with Crippen LogP contribution in [-0.2, 0) is 16.0 Å². The highest BCUT2D eigenvalue weighted by Crippen LogP contribution is 2.62. The fourth-order valence-corrected chi connectivity index (χ4v) is 6.77. The molecule has 1 heterocycles. The fraction of sp³-hybridized carbons (Fsp3) is 0.571. The zero-order valence-corrected chi connectivity index (χ0v) is 20.1. The van der Waals surface area contributed by atoms with Crippen LogP contribution >= 0.6 is 0 Å². The van der Waals surface area contributed by atoms with Crippen molar-refractivity contribution in [3.63, 3.8) is 0 Å². The van der Waals surface area contributed by atoms with Crippen LogP contribution in [0.15, 0.2) is 47.6 Å². The van der Waals surface area contributed by atoms with Gasteiger partial charge in [0, 0.05) is 29.7 Å². The number of phenols is 1. The number of carboxylic acids is 1. The first-order valence-electron chi connectivity index (χ1n) is 12.4. The molecule has 0 bridgehead atoms. The fourth-order valence-electron chi connectivity index (χ4n) is 6.77. The molecule has 1 saturated carbocycles. The minimum Gasteiger partial charge on any atom is -0.508 e. The molecule has 4 rings (SSSR count). The normalized spacial score (nSPS) is 31.7. The Morgan fingerprint density at radius 1 is 1.12 bits per heavy atom. The summed E-state index contributed by atoms with van der Waals surface area (Å²) in [4.78, 5) is 27.0. The second kappa shape index (κ2) is 9.00. The van der Waals surface area contributed by atoms with Gasteiger partial charge in [-0.2, -0.15) is 0 Å². The van der Waals surface area contributed by atoms with E-state index < -0.39 is 5.97 Å². The average Bonchev–Trinajstić information content (AvgIpc) is 3.14. The summed E-state index contributed by atoms with van der Waals surface area (Å²) < 4.78 is 0. The zero-order chi connectivity index (χ0) is 23.8. The molecule has 178 valence electrons. The third-order valence-corrected chi connectivity index (χ3v) is 9.10. The van der Waals surface area contributed by atoms with Crippen LogP contribution in [0.25, 0.3) is 0 Å². The van der Waals surface area contributed by atoms with Crippen LogP contribution in [-0.4, -0.2) is 40.1 Å². The summed E-state index contributed by atoms with van der Waals surface area (Å²) in [5, 5.41) is 19.3. The molecule has 1 fully saturated rings. The molecule has 0 radical (unpaired) electrons. The van der Waals surface area contributed by atoms with Crippen LogP contribution in [0.4, 0.5) is 0 Å². The van der Waals surface area contributed by atoms with Crippen LogP contribution in [0.3, 0.4) is 0 Å². The lowest BCUT2D eigenvalue weighted by molar-refractivity contribution is -0.137. The van der Waals surface area contributed by atoms with Gasteiger partial charge in [0.15, 0.2) is 0 Å². The van der Waals surface area contributed by atoms with Crippen molar-refractivity contribution in [3.8, 4) is 5.75 Å². The van der Waals surface area contributed by atoms with Crippen molar-refractivity contribution in [2.24, 2.45) is 22.7 Å². The van der Waals surface area contributed by atoms with Gasteiger partial charge in [-0.05, 0) is 79.9 Å². The predicted octanol–water partition coefficient (Wildman–Crippen LogP) is 5.35. The molecule has 1 amide bonds. The molecule has 0 unspecified atom stereocenters. The van der Waals surface area contributed by atoms with E-state index in [2.05, 4.69) is 26.8 Å². The lowest BCUT2D eigenvalue weighted by Gasteiger charge is -2.57. The molecule has 33 heavy (non-hydrogen) atoms. The topological polar surface area (TPSA) is 77.8 Å². The van der Waals surface area contributed by atoms with Gasteiger partial charge in [0.1, 0.15) is 5.75 Å². The largest absolute Gasteiger partial charge is 0.508 e. The highest BCUT2D eigenvalue weighted by molar-refractivity contribution is 5.95. The van der Waals surface area contributed by atoms with Crippen molar-refractivity contribution in [3.05, 3.63) is 53.1 Å². The summed E-state index contributed by atoms with van der Waals surface area (Å²) >= 11 is 0. The smallest absolute Gasteiger partial charge is 0.331 e. The summed E-state index contributed by atoms with van der Waals surface area (Å²) in [7, 11) is 0. The number of fused-ring (bicyclic) bond motifs is 1. The molecule has 1 aliphatic heterocycles. The van der Waals surface area contributed by atoms with E-state index in [9.17, 15) is 19.8 Å². The predicted molar refractivity (Wildman–Crippen MR) is 129 cm³/mol. The summed E-state index contributed by atoms with van der Waals surface area (Å²) in [5.41, 5.74) is 2.36. The van der Waals surface area contributed by atoms with Crippen molar-refractivity contribution < 1.29 is 19.8 Å². The quantitative estimate of drug-likeness (QED) is 0.586. The van der Waals surface area contributed by atoms with E-state index in [4.69, 9.17) is 0 Å². The number of nitrogens with zero attached hydrogens (tertiary/aromatic N) is 1. The van der Waals surface area contributed by atoms with E-state index >= 15 is 0 Å². The van der Waals surface area contributed by atoms with Gasteiger partial charge in [-0.25, -0.2) is 4.79 Å². The monoisotopic (exact) mass is 451 g/mol. The second-order valence-corrected chi connectivity index (χ2v) is 10.8. The van der Waals surface area contributed by atoms with Gasteiger partial charge in [0.05, 0.1) is 0 Å². The van der Waals surface area contributed by atoms with E-state index in [1.807, 2.05) is 23.1 Å². The third-order valence-electron chi connectivity index (χ3n) is 9.10. The number of aromatic hydroxyl groups is 1. The van der Waals surface area contributed by atoms with Gasteiger partial charge in [-0.1, -0.05) is 45.1 Å². The number of rotatable bonds is 7. The van der Waals surface area contributed by atoms with Gasteiger partial charge in [-0.15, -0.1) is 0 Å². The number of carbonyl (C=O) groups excluding carboxylic acids is 1. The van der Waals surface area contributed by atoms with Crippen molar-refractivity contribution >= 4 is 11.9 Å². The molecule has 1 aromatic carbocycles. The first kappa shape index (κ1) is 23.6. The number of carboxylic acid groups (broad SMARTS) is 1. The number of hydrogen-bond acceptors (Lipinski definition) is 3. The molecule has 3 aliphatic rings. The summed E-state index contributed by atoms with van der Waals surface area (Å²) in [6.07, 6.45) is 10.3. The first-order chi connectivity index (χ1) is 15.6. The summed E-state index contributed by atoms with van der Waals surface area (Å²) in [6, 6.07) is 7.16. The maximum atomic E-state index is 13.1. The summed E-state index contributed by atoms with van der Waals surface area (Å²) in [6.45, 7) is 8.14. The number of hydrogen-bond donors (Lipinski definition) is 2. The maximum absolute atomic E-state index is 13.1. The Kier molecular flexibility index (Phi) is 6.43. The molecule has 2 N–H and O–H groups in total. The van der Waals surface area contributed by atoms with Crippen molar-refractivity contribution in [2.75, 3.05) is 13.1 Å². The number of benzene rings is 1. The number of allylic oxidation sites excluding steroid dienone is 1. The van der Waals surface area contributed by atoms with E-state index in [0.717, 1.165) is 56.1 Å². The average molecular weight is 452 g/mol. The van der Waals surface area contributed by atoms with Crippen LogP contribution in [0.5, 0.6) is 5.75 Å². The van der Waals surface area contributed by atoms with Crippen molar-refractivity contribution in [1.29, 1.82) is 0 Å². The molecular formula is C28H37NO4. The van der Waals surface area contributed by atoms with Crippen molar-refractivity contribution in [2.45, 2.75) is 65.7 Å². The van der Waals surface area contributed by atoms with Gasteiger partial charge < -0.3 is 15.1 Å². The zero-order valence-electron chi connectivity index (χ0n) is 20.1. The minimum absolute atomic E-state index is 0.0164. The van der Waals surface area contributed by atoms with Crippen LogP contribution in [0, 0.1) is 22.7 Å². The molecule has 4 atom stereocenters.